The van der Waals surface area contributed by atoms with Gasteiger partial charge in [-0.25, -0.2) is 0 Å². The van der Waals surface area contributed by atoms with Crippen molar-refractivity contribution in [3.05, 3.63) is 108 Å². The summed E-state index contributed by atoms with van der Waals surface area (Å²) in [5, 5.41) is 19.0. The van der Waals surface area contributed by atoms with E-state index in [1.807, 2.05) is 0 Å². The summed E-state index contributed by atoms with van der Waals surface area (Å²) >= 11 is 0. The maximum Gasteiger partial charge on any atom is 0.162 e. The average Bonchev–Trinajstić information content (AvgIpc) is 3.77. The van der Waals surface area contributed by atoms with Crippen LogP contribution in [0.25, 0.3) is 67.1 Å². The van der Waals surface area contributed by atoms with Gasteiger partial charge in [0.25, 0.3) is 0 Å². The van der Waals surface area contributed by atoms with Crippen LogP contribution in [0.4, 0.5) is 0 Å². The monoisotopic (exact) mass is 830 g/mol. The molecule has 0 N–H and O–H groups in total. The Morgan fingerprint density at radius 1 is 0.429 bits per heavy atom. The van der Waals surface area contributed by atoms with Crippen LogP contribution in [0.2, 0.25) is 0 Å². The molecule has 0 saturated carbocycles. The van der Waals surface area contributed by atoms with E-state index in [4.69, 9.17) is 0 Å². The molecule has 2 heterocycles. The lowest BCUT2D eigenvalue weighted by molar-refractivity contribution is 0.367. The van der Waals surface area contributed by atoms with Gasteiger partial charge in [0, 0.05) is 88.1 Å². The summed E-state index contributed by atoms with van der Waals surface area (Å²) < 4.78 is 144. The summed E-state index contributed by atoms with van der Waals surface area (Å²) in [6, 6.07) is 20.7. The molecule has 284 valence electrons. The largest absolute Gasteiger partial charge is 0.612 e. The van der Waals surface area contributed by atoms with Crippen molar-refractivity contribution in [1.29, 1.82) is 0 Å². The summed E-state index contributed by atoms with van der Waals surface area (Å²) in [6.45, 7) is 0. The van der Waals surface area contributed by atoms with E-state index in [9.17, 15) is 53.3 Å². The van der Waals surface area contributed by atoms with Crippen molar-refractivity contribution in [2.45, 2.75) is 19.6 Å². The Bertz CT molecular complexity index is 2970. The van der Waals surface area contributed by atoms with E-state index < -0.39 is 61.6 Å². The zero-order chi connectivity index (χ0) is 39.9. The molecule has 0 aliphatic carbocycles. The van der Waals surface area contributed by atoms with Crippen molar-refractivity contribution in [3.8, 4) is 11.4 Å². The van der Waals surface area contributed by atoms with Gasteiger partial charge in [0.15, 0.2) is 19.6 Å². The smallest absolute Gasteiger partial charge is 0.162 e. The van der Waals surface area contributed by atoms with E-state index in [-0.39, 0.29) is 33.5 Å². The van der Waals surface area contributed by atoms with Crippen molar-refractivity contribution in [3.63, 3.8) is 0 Å². The summed E-state index contributed by atoms with van der Waals surface area (Å²) in [5.41, 5.74) is 0.927. The number of nitrogens with zero attached hydrogens (tertiary/aromatic N) is 6. The van der Waals surface area contributed by atoms with Crippen LogP contribution in [0.1, 0.15) is 11.1 Å². The predicted molar refractivity (Wildman–Crippen MR) is 193 cm³/mol. The molecule has 0 fully saturated rings. The Morgan fingerprint density at radius 3 is 1.18 bits per heavy atom. The molecule has 22 heteroatoms. The molecule has 0 amide bonds. The fourth-order valence-electron chi connectivity index (χ4n) is 6.09. The number of hydrogen-bond donors (Lipinski definition) is 0. The van der Waals surface area contributed by atoms with E-state index in [0.29, 0.717) is 32.6 Å². The first-order valence-corrected chi connectivity index (χ1v) is 21.3. The minimum absolute atomic E-state index is 0.0367. The normalized spacial score (nSPS) is 13.2. The third-order valence-electron chi connectivity index (χ3n) is 8.69. The second kappa shape index (κ2) is 13.1. The van der Waals surface area contributed by atoms with Crippen LogP contribution in [-0.2, 0) is 58.8 Å². The van der Waals surface area contributed by atoms with Crippen molar-refractivity contribution >= 4 is 97.7 Å². The highest BCUT2D eigenvalue weighted by Gasteiger charge is 2.20. The molecule has 0 aliphatic rings. The first kappa shape index (κ1) is 37.6. The molecular weight excluding hydrogens is 813 g/mol. The highest BCUT2D eigenvalue weighted by atomic mass is 32.3. The van der Waals surface area contributed by atoms with Gasteiger partial charge >= 0.3 is 0 Å². The van der Waals surface area contributed by atoms with Crippen LogP contribution in [0.5, 0.6) is 0 Å². The fourth-order valence-corrected chi connectivity index (χ4v) is 8.49. The van der Waals surface area contributed by atoms with Crippen LogP contribution < -0.4 is 0 Å². The fraction of sp³-hybridized carbons (Fsp3) is 0. The summed E-state index contributed by atoms with van der Waals surface area (Å²) in [7, 11) is -19.8. The highest BCUT2D eigenvalue weighted by molar-refractivity contribution is 7.93. The molecule has 6 aromatic carbocycles. The van der Waals surface area contributed by atoms with Gasteiger partial charge in [-0.15, -0.1) is 37.2 Å². The zero-order valence-electron chi connectivity index (χ0n) is 27.6. The van der Waals surface area contributed by atoms with Crippen molar-refractivity contribution in [1.82, 2.24) is 30.0 Å². The quantitative estimate of drug-likeness (QED) is 0.154. The molecule has 8 aromatic rings. The summed E-state index contributed by atoms with van der Waals surface area (Å²) in [6.07, 6.45) is 2.26. The van der Waals surface area contributed by atoms with E-state index in [0.717, 1.165) is 46.0 Å². The third-order valence-corrected chi connectivity index (χ3v) is 12.1. The molecule has 18 nitrogen and oxygen atoms in total. The van der Waals surface area contributed by atoms with E-state index in [1.54, 1.807) is 0 Å². The van der Waals surface area contributed by atoms with Crippen LogP contribution in [0.15, 0.2) is 117 Å². The van der Waals surface area contributed by atoms with Crippen molar-refractivity contribution in [2.24, 2.45) is 0 Å². The Hall–Kier alpha value is -5.34. The molecule has 56 heavy (non-hydrogen) atoms. The predicted octanol–water partition coefficient (Wildman–Crippen LogP) is 4.11. The van der Waals surface area contributed by atoms with Gasteiger partial charge in [0.05, 0.1) is 11.4 Å². The first-order chi connectivity index (χ1) is 26.2. The standard InChI is InChI=1S/C34H18N6O12S4/c41-53(42,43)25-9-11-27-21(15-25)5-13-29-33(27)37-39(35-29)23-7-3-19(31(17-23)55(47,48)49)1-2-20-4-8-24(18-32(20)56(50,51)52)40-36-30-14-6-22-16-26(54(44,45)46)10-12-28(22)34(30)38-40/h1-18H/q-4/b2-1+. The van der Waals surface area contributed by atoms with Gasteiger partial charge in [-0.3, -0.25) is 0 Å². The zero-order valence-corrected chi connectivity index (χ0v) is 30.9. The lowest BCUT2D eigenvalue weighted by atomic mass is 10.1. The molecular formula is C34H18N6O12S4-4. The van der Waals surface area contributed by atoms with Crippen LogP contribution in [-0.4, -0.2) is 66.4 Å². The van der Waals surface area contributed by atoms with Gasteiger partial charge in [0.1, 0.15) is 22.1 Å². The van der Waals surface area contributed by atoms with Gasteiger partial charge in [0.2, 0.25) is 0 Å². The third kappa shape index (κ3) is 7.00. The van der Waals surface area contributed by atoms with Gasteiger partial charge in [-0.2, -0.15) is 9.59 Å². The van der Waals surface area contributed by atoms with E-state index in [1.165, 1.54) is 72.8 Å². The number of aromatic nitrogens is 6. The number of hydrogen-bond acceptors (Lipinski definition) is 16. The van der Waals surface area contributed by atoms with Crippen LogP contribution in [0.3, 0.4) is 0 Å². The molecule has 0 aliphatic heterocycles. The molecule has 2 aromatic heterocycles. The second-order valence-electron chi connectivity index (χ2n) is 12.2. The molecule has 0 atom stereocenters. The maximum atomic E-state index is 12.4. The second-order valence-corrected chi connectivity index (χ2v) is 17.7. The summed E-state index contributed by atoms with van der Waals surface area (Å²) in [5.74, 6) is 0. The topological polar surface area (TPSA) is 314 Å². The minimum atomic E-state index is -5.17. The van der Waals surface area contributed by atoms with Gasteiger partial charge in [-0.1, -0.05) is 12.1 Å². The number of rotatable bonds is 8. The Labute approximate surface area is 318 Å². The van der Waals surface area contributed by atoms with Crippen LogP contribution in [0, 0.1) is 0 Å². The van der Waals surface area contributed by atoms with Crippen molar-refractivity contribution in [2.75, 3.05) is 0 Å². The van der Waals surface area contributed by atoms with Crippen molar-refractivity contribution < 1.29 is 53.3 Å². The Morgan fingerprint density at radius 2 is 0.821 bits per heavy atom. The number of fused-ring (bicyclic) bond motifs is 6. The molecule has 8 rings (SSSR count). The first-order valence-electron chi connectivity index (χ1n) is 15.6. The number of benzene rings is 6. The van der Waals surface area contributed by atoms with Crippen LogP contribution >= 0.6 is 0 Å². The lowest BCUT2D eigenvalue weighted by Crippen LogP contribution is -2.12. The molecule has 0 unspecified atom stereocenters. The van der Waals surface area contributed by atoms with E-state index >= 15 is 0 Å². The molecule has 0 saturated heterocycles. The Balaban J connectivity index is 1.14. The molecule has 0 radical (unpaired) electrons. The van der Waals surface area contributed by atoms with Gasteiger partial charge in [-0.05, 0) is 83.6 Å². The maximum absolute atomic E-state index is 12.4. The highest BCUT2D eigenvalue weighted by Crippen LogP contribution is 2.31. The molecule has 0 bridgehead atoms. The van der Waals surface area contributed by atoms with E-state index in [2.05, 4.69) is 20.4 Å². The lowest BCUT2D eigenvalue weighted by Gasteiger charge is -2.20. The molecule has 0 spiro atoms. The Kier molecular flexibility index (Phi) is 8.81. The average molecular weight is 831 g/mol. The van der Waals surface area contributed by atoms with Gasteiger partial charge < -0.3 is 36.4 Å². The SMILES string of the molecule is O=[S+]([O-])([O-])c1ccc2c(ccc3nn(-c4ccc(/C=C/c5ccc(-n6nc7ccc8cc([S+](=O)([O-])[O-])ccc8c7n6)cc5[S+](=O)([O-])[O-])c([S+](=O)([O-])[O-])c4)nc32)c1. The summed E-state index contributed by atoms with van der Waals surface area (Å²) in [4.78, 5) is -0.249. The minimum Gasteiger partial charge on any atom is -0.612 e.